The van der Waals surface area contributed by atoms with Crippen LogP contribution >= 0.6 is 0 Å². The lowest BCUT2D eigenvalue weighted by Crippen LogP contribution is -2.37. The van der Waals surface area contributed by atoms with Gasteiger partial charge in [-0.1, -0.05) is 24.3 Å². The van der Waals surface area contributed by atoms with E-state index in [1.54, 1.807) is 24.3 Å². The number of aliphatic hydroxyl groups excluding tert-OH is 1. The van der Waals surface area contributed by atoms with E-state index in [1.807, 2.05) is 17.0 Å². The van der Waals surface area contributed by atoms with Crippen LogP contribution in [0.4, 0.5) is 0 Å². The van der Waals surface area contributed by atoms with Crippen LogP contribution in [0.1, 0.15) is 40.2 Å². The van der Waals surface area contributed by atoms with Crippen molar-refractivity contribution in [2.75, 3.05) is 26.3 Å². The number of carbonyl (C=O) groups excluding carboxylic acids is 2. The number of hydrogen-bond acceptors (Lipinski definition) is 5. The summed E-state index contributed by atoms with van der Waals surface area (Å²) in [6.07, 6.45) is 1.87. The molecular formula is C22H26N2O4. The molecule has 1 aliphatic rings. The Kier molecular flexibility index (Phi) is 6.79. The number of ketones is 1. The van der Waals surface area contributed by atoms with Gasteiger partial charge in [0.25, 0.3) is 5.91 Å². The number of amides is 1. The molecule has 148 valence electrons. The highest BCUT2D eigenvalue weighted by atomic mass is 16.5. The number of nitrogens with two attached hydrogens (primary N) is 1. The number of nitrogens with zero attached hydrogens (tertiary/aromatic N) is 1. The zero-order valence-electron chi connectivity index (χ0n) is 15.8. The molecule has 0 saturated carbocycles. The second kappa shape index (κ2) is 9.48. The minimum Gasteiger partial charge on any atom is -0.486 e. The first-order valence-electron chi connectivity index (χ1n) is 9.54. The predicted molar refractivity (Wildman–Crippen MR) is 106 cm³/mol. The number of carbonyl (C=O) groups is 2. The third-order valence-electron chi connectivity index (χ3n) is 5.12. The Morgan fingerprint density at radius 2 is 1.82 bits per heavy atom. The van der Waals surface area contributed by atoms with Gasteiger partial charge in [0.2, 0.25) is 0 Å². The van der Waals surface area contributed by atoms with E-state index in [2.05, 4.69) is 12.1 Å². The highest BCUT2D eigenvalue weighted by Gasteiger charge is 2.24. The quantitative estimate of drug-likeness (QED) is 0.765. The van der Waals surface area contributed by atoms with Crippen molar-refractivity contribution in [3.8, 4) is 5.75 Å². The number of rotatable bonds is 7. The first-order valence-corrected chi connectivity index (χ1v) is 9.54. The van der Waals surface area contributed by atoms with Gasteiger partial charge < -0.3 is 20.5 Å². The van der Waals surface area contributed by atoms with E-state index in [0.717, 1.165) is 31.5 Å². The van der Waals surface area contributed by atoms with E-state index in [1.165, 1.54) is 5.56 Å². The van der Waals surface area contributed by atoms with Gasteiger partial charge in [-0.15, -0.1) is 0 Å². The molecule has 6 heteroatoms. The molecular weight excluding hydrogens is 356 g/mol. The molecule has 2 aromatic rings. The Morgan fingerprint density at radius 3 is 2.46 bits per heavy atom. The maximum absolute atomic E-state index is 12.7. The smallest absolute Gasteiger partial charge is 0.253 e. The number of likely N-dealkylation sites (tertiary alicyclic amines) is 1. The van der Waals surface area contributed by atoms with Crippen LogP contribution in [-0.2, 0) is 11.3 Å². The van der Waals surface area contributed by atoms with Gasteiger partial charge in [-0.25, -0.2) is 0 Å². The molecule has 0 aromatic heterocycles. The van der Waals surface area contributed by atoms with Crippen LogP contribution < -0.4 is 10.5 Å². The minimum absolute atomic E-state index is 0.00661. The van der Waals surface area contributed by atoms with Crippen LogP contribution in [0.2, 0.25) is 0 Å². The van der Waals surface area contributed by atoms with Gasteiger partial charge in [-0.05, 0) is 54.2 Å². The molecule has 1 aliphatic heterocycles. The molecule has 0 aliphatic carbocycles. The number of benzene rings is 2. The largest absolute Gasteiger partial charge is 0.486 e. The molecule has 0 bridgehead atoms. The van der Waals surface area contributed by atoms with Gasteiger partial charge in [0.1, 0.15) is 19.0 Å². The highest BCUT2D eigenvalue weighted by molar-refractivity contribution is 5.94. The second-order valence-corrected chi connectivity index (χ2v) is 7.03. The molecule has 0 unspecified atom stereocenters. The number of hydrogen-bond donors (Lipinski definition) is 2. The van der Waals surface area contributed by atoms with Crippen molar-refractivity contribution in [3.63, 3.8) is 0 Å². The molecule has 1 amide bonds. The van der Waals surface area contributed by atoms with E-state index in [4.69, 9.17) is 15.6 Å². The molecule has 2 aromatic carbocycles. The van der Waals surface area contributed by atoms with Crippen molar-refractivity contribution in [3.05, 3.63) is 65.2 Å². The number of aliphatic hydroxyl groups is 1. The lowest BCUT2D eigenvalue weighted by Gasteiger charge is -2.32. The van der Waals surface area contributed by atoms with E-state index in [9.17, 15) is 9.59 Å². The fraction of sp³-hybridized carbons (Fsp3) is 0.364. The van der Waals surface area contributed by atoms with Crippen molar-refractivity contribution in [2.45, 2.75) is 25.3 Å². The summed E-state index contributed by atoms with van der Waals surface area (Å²) in [6, 6.07) is 15.1. The summed E-state index contributed by atoms with van der Waals surface area (Å²) in [7, 11) is 0. The number of piperidine rings is 1. The van der Waals surface area contributed by atoms with Crippen LogP contribution in [-0.4, -0.2) is 48.0 Å². The number of ether oxygens (including phenoxy) is 1. The Morgan fingerprint density at radius 1 is 1.11 bits per heavy atom. The van der Waals surface area contributed by atoms with Crippen molar-refractivity contribution in [1.29, 1.82) is 0 Å². The van der Waals surface area contributed by atoms with Crippen LogP contribution in [0, 0.1) is 0 Å². The first-order chi connectivity index (χ1) is 13.6. The molecule has 1 fully saturated rings. The Balaban J connectivity index is 1.55. The maximum Gasteiger partial charge on any atom is 0.253 e. The fourth-order valence-corrected chi connectivity index (χ4v) is 3.48. The predicted octanol–water partition coefficient (Wildman–Crippen LogP) is 2.11. The number of Topliss-reactive ketones (excluding diaryl/α,β-unsaturated/α-hetero) is 1. The highest BCUT2D eigenvalue weighted by Crippen LogP contribution is 2.29. The van der Waals surface area contributed by atoms with E-state index in [0.29, 0.717) is 23.8 Å². The normalized spacial score (nSPS) is 14.7. The van der Waals surface area contributed by atoms with Crippen molar-refractivity contribution in [1.82, 2.24) is 4.90 Å². The average molecular weight is 382 g/mol. The lowest BCUT2D eigenvalue weighted by atomic mass is 9.88. The molecule has 1 saturated heterocycles. The van der Waals surface area contributed by atoms with Gasteiger partial charge in [0.05, 0.1) is 0 Å². The molecule has 0 radical (unpaired) electrons. The monoisotopic (exact) mass is 382 g/mol. The summed E-state index contributed by atoms with van der Waals surface area (Å²) in [4.78, 5) is 25.7. The van der Waals surface area contributed by atoms with Gasteiger partial charge in [0.15, 0.2) is 5.78 Å². The van der Waals surface area contributed by atoms with Crippen LogP contribution in [0.3, 0.4) is 0 Å². The third-order valence-corrected chi connectivity index (χ3v) is 5.12. The van der Waals surface area contributed by atoms with Gasteiger partial charge in [0, 0.05) is 25.2 Å². The Labute approximate surface area is 164 Å². The van der Waals surface area contributed by atoms with Crippen molar-refractivity contribution < 1.29 is 19.4 Å². The molecule has 0 spiro atoms. The zero-order chi connectivity index (χ0) is 19.9. The fourth-order valence-electron chi connectivity index (χ4n) is 3.48. The minimum atomic E-state index is -0.539. The van der Waals surface area contributed by atoms with Gasteiger partial charge in [-0.3, -0.25) is 9.59 Å². The first kappa shape index (κ1) is 20.0. The third kappa shape index (κ3) is 4.97. The topological polar surface area (TPSA) is 92.9 Å². The van der Waals surface area contributed by atoms with Crippen molar-refractivity contribution >= 4 is 11.7 Å². The van der Waals surface area contributed by atoms with Crippen LogP contribution in [0.15, 0.2) is 48.5 Å². The van der Waals surface area contributed by atoms with E-state index < -0.39 is 6.61 Å². The van der Waals surface area contributed by atoms with Crippen LogP contribution in [0.5, 0.6) is 5.75 Å². The van der Waals surface area contributed by atoms with E-state index >= 15 is 0 Å². The maximum atomic E-state index is 12.7. The lowest BCUT2D eigenvalue weighted by molar-refractivity contribution is -0.123. The molecule has 0 atom stereocenters. The summed E-state index contributed by atoms with van der Waals surface area (Å²) >= 11 is 0. The van der Waals surface area contributed by atoms with Gasteiger partial charge in [-0.2, -0.15) is 0 Å². The SMILES string of the molecule is NCc1cccc(C2CCN(C(=O)c3ccc(OCC(=O)CO)cc3)CC2)c1. The van der Waals surface area contributed by atoms with Gasteiger partial charge >= 0.3 is 0 Å². The molecule has 6 nitrogen and oxygen atoms in total. The molecule has 28 heavy (non-hydrogen) atoms. The van der Waals surface area contributed by atoms with Crippen LogP contribution in [0.25, 0.3) is 0 Å². The molecule has 3 rings (SSSR count). The summed E-state index contributed by atoms with van der Waals surface area (Å²) in [5.74, 6) is 0.569. The molecule has 3 N–H and O–H groups in total. The second-order valence-electron chi connectivity index (χ2n) is 7.03. The summed E-state index contributed by atoms with van der Waals surface area (Å²) in [5.41, 5.74) is 8.78. The zero-order valence-corrected chi connectivity index (χ0v) is 15.8. The van der Waals surface area contributed by atoms with E-state index in [-0.39, 0.29) is 18.3 Å². The summed E-state index contributed by atoms with van der Waals surface area (Å²) in [5, 5.41) is 8.71. The van der Waals surface area contributed by atoms with Crippen molar-refractivity contribution in [2.24, 2.45) is 5.73 Å². The standard InChI is InChI=1S/C22H26N2O4/c23-13-16-2-1-3-19(12-16)17-8-10-24(11-9-17)22(27)18-4-6-21(7-5-18)28-15-20(26)14-25/h1-7,12,17,25H,8-11,13-15,23H2. The Bertz CT molecular complexity index is 812. The summed E-state index contributed by atoms with van der Waals surface area (Å²) in [6.45, 7) is 1.27. The Hall–Kier alpha value is -2.70. The molecule has 1 heterocycles. The average Bonchev–Trinajstić information content (AvgIpc) is 2.77. The summed E-state index contributed by atoms with van der Waals surface area (Å²) < 4.78 is 5.28.